The number of nitrogens with zero attached hydrogens (tertiary/aromatic N) is 4. The minimum Gasteiger partial charge on any atom is -0.173 e. The molecule has 0 aromatic rings. The van der Waals surface area contributed by atoms with Gasteiger partial charge in [-0.2, -0.15) is 20.5 Å². The molecule has 1 rings (SSSR count). The highest BCUT2D eigenvalue weighted by Gasteiger charge is 2.12. The first kappa shape index (κ1) is 10.4. The molecule has 0 unspecified atom stereocenters. The van der Waals surface area contributed by atoms with Crippen molar-refractivity contribution in [1.29, 1.82) is 10.5 Å². The van der Waals surface area contributed by atoms with Crippen LogP contribution in [0.1, 0.15) is 6.92 Å². The third-order valence-electron chi connectivity index (χ3n) is 1.61. The van der Waals surface area contributed by atoms with E-state index in [1.54, 1.807) is 31.5 Å². The summed E-state index contributed by atoms with van der Waals surface area (Å²) in [5.41, 5.74) is 1.93. The highest BCUT2D eigenvalue weighted by atomic mass is 79.9. The van der Waals surface area contributed by atoms with Gasteiger partial charge in [0.15, 0.2) is 0 Å². The Morgan fingerprint density at radius 1 is 1.14 bits per heavy atom. The second-order valence-electron chi connectivity index (χ2n) is 2.51. The molecule has 0 atom stereocenters. The number of hydrogen-bond donors (Lipinski definition) is 0. The van der Waals surface area contributed by atoms with Crippen molar-refractivity contribution in [2.24, 2.45) is 9.98 Å². The average molecular weight is 249 g/mol. The molecule has 0 heterocycles. The van der Waals surface area contributed by atoms with Crippen LogP contribution in [0.5, 0.6) is 0 Å². The van der Waals surface area contributed by atoms with Gasteiger partial charge in [0.05, 0.1) is 11.4 Å². The van der Waals surface area contributed by atoms with Crippen LogP contribution in [-0.4, -0.2) is 11.4 Å². The van der Waals surface area contributed by atoms with Crippen LogP contribution in [0.25, 0.3) is 0 Å². The molecule has 4 nitrogen and oxygen atoms in total. The minimum atomic E-state index is 0.543. The zero-order valence-electron chi connectivity index (χ0n) is 7.32. The third kappa shape index (κ3) is 2.15. The van der Waals surface area contributed by atoms with Gasteiger partial charge in [-0.1, -0.05) is 0 Å². The quantitative estimate of drug-likeness (QED) is 0.487. The van der Waals surface area contributed by atoms with E-state index in [1.165, 1.54) is 0 Å². The van der Waals surface area contributed by atoms with Crippen molar-refractivity contribution in [2.75, 3.05) is 0 Å². The maximum absolute atomic E-state index is 8.40. The maximum Gasteiger partial charge on any atom is 0.206 e. The Kier molecular flexibility index (Phi) is 3.33. The Morgan fingerprint density at radius 2 is 1.71 bits per heavy atom. The minimum absolute atomic E-state index is 0.543. The number of nitriles is 2. The molecular weight excluding hydrogens is 244 g/mol. The van der Waals surface area contributed by atoms with E-state index in [1.807, 2.05) is 0 Å². The van der Waals surface area contributed by atoms with E-state index in [0.717, 1.165) is 5.57 Å². The zero-order valence-corrected chi connectivity index (χ0v) is 8.91. The Balaban J connectivity index is 3.17. The van der Waals surface area contributed by atoms with Gasteiger partial charge in [-0.3, -0.25) is 0 Å². The van der Waals surface area contributed by atoms with Gasteiger partial charge in [0.2, 0.25) is 12.4 Å². The van der Waals surface area contributed by atoms with Crippen LogP contribution in [0.15, 0.2) is 32.2 Å². The summed E-state index contributed by atoms with van der Waals surface area (Å²) < 4.78 is 0.652. The molecular formula is C9H5BrN4. The lowest BCUT2D eigenvalue weighted by atomic mass is 10.0. The van der Waals surface area contributed by atoms with Crippen LogP contribution in [0.4, 0.5) is 0 Å². The van der Waals surface area contributed by atoms with E-state index in [0.29, 0.717) is 15.9 Å². The van der Waals surface area contributed by atoms with E-state index in [4.69, 9.17) is 10.5 Å². The summed E-state index contributed by atoms with van der Waals surface area (Å²) >= 11 is 3.24. The molecule has 14 heavy (non-hydrogen) atoms. The maximum atomic E-state index is 8.40. The summed E-state index contributed by atoms with van der Waals surface area (Å²) in [6.07, 6.45) is 6.77. The SMILES string of the molecule is CC1=CC(=NC#N)C(Br)=CC1=NC#N. The number of rotatable bonds is 0. The van der Waals surface area contributed by atoms with Crippen molar-refractivity contribution in [2.45, 2.75) is 6.92 Å². The lowest BCUT2D eigenvalue weighted by molar-refractivity contribution is 1.41. The summed E-state index contributed by atoms with van der Waals surface area (Å²) in [5.74, 6) is 0. The Labute approximate surface area is 89.7 Å². The van der Waals surface area contributed by atoms with Crippen molar-refractivity contribution in [3.63, 3.8) is 0 Å². The van der Waals surface area contributed by atoms with Gasteiger partial charge in [-0.15, -0.1) is 0 Å². The van der Waals surface area contributed by atoms with Crippen LogP contribution >= 0.6 is 15.9 Å². The molecule has 1 aliphatic carbocycles. The first-order chi connectivity index (χ1) is 6.69. The Bertz CT molecular complexity index is 410. The summed E-state index contributed by atoms with van der Waals surface area (Å²) in [4.78, 5) is 7.22. The van der Waals surface area contributed by atoms with Crippen molar-refractivity contribution in [3.8, 4) is 12.4 Å². The second-order valence-corrected chi connectivity index (χ2v) is 3.37. The van der Waals surface area contributed by atoms with Crippen LogP contribution in [0.3, 0.4) is 0 Å². The Morgan fingerprint density at radius 3 is 2.29 bits per heavy atom. The zero-order chi connectivity index (χ0) is 10.6. The summed E-state index contributed by atoms with van der Waals surface area (Å²) in [7, 11) is 0. The van der Waals surface area contributed by atoms with E-state index in [2.05, 4.69) is 25.9 Å². The Hall–Kier alpha value is -1.72. The molecule has 0 saturated heterocycles. The molecule has 0 aromatic heterocycles. The molecule has 0 saturated carbocycles. The molecule has 0 N–H and O–H groups in total. The first-order valence-electron chi connectivity index (χ1n) is 3.69. The van der Waals surface area contributed by atoms with Gasteiger partial charge in [-0.25, -0.2) is 0 Å². The fourth-order valence-electron chi connectivity index (χ4n) is 0.970. The molecule has 0 amide bonds. The largest absolute Gasteiger partial charge is 0.206 e. The number of hydrogen-bond acceptors (Lipinski definition) is 4. The highest BCUT2D eigenvalue weighted by Crippen LogP contribution is 2.18. The van der Waals surface area contributed by atoms with Gasteiger partial charge in [0, 0.05) is 4.48 Å². The van der Waals surface area contributed by atoms with Gasteiger partial charge in [0.25, 0.3) is 0 Å². The number of halogens is 1. The van der Waals surface area contributed by atoms with E-state index in [-0.39, 0.29) is 0 Å². The van der Waals surface area contributed by atoms with Gasteiger partial charge in [0.1, 0.15) is 0 Å². The first-order valence-corrected chi connectivity index (χ1v) is 4.48. The van der Waals surface area contributed by atoms with Gasteiger partial charge < -0.3 is 0 Å². The molecule has 5 heteroatoms. The predicted molar refractivity (Wildman–Crippen MR) is 56.9 cm³/mol. The van der Waals surface area contributed by atoms with Crippen LogP contribution in [-0.2, 0) is 0 Å². The van der Waals surface area contributed by atoms with E-state index >= 15 is 0 Å². The van der Waals surface area contributed by atoms with Crippen molar-refractivity contribution < 1.29 is 0 Å². The molecule has 1 aliphatic rings. The molecule has 0 spiro atoms. The second kappa shape index (κ2) is 4.50. The number of allylic oxidation sites excluding steroid dienone is 4. The van der Waals surface area contributed by atoms with Crippen molar-refractivity contribution in [3.05, 3.63) is 22.2 Å². The van der Waals surface area contributed by atoms with Crippen LogP contribution < -0.4 is 0 Å². The highest BCUT2D eigenvalue weighted by molar-refractivity contribution is 9.12. The number of aliphatic imine (C=N–C) groups is 2. The van der Waals surface area contributed by atoms with Crippen LogP contribution in [0.2, 0.25) is 0 Å². The van der Waals surface area contributed by atoms with Gasteiger partial charge >= 0.3 is 0 Å². The van der Waals surface area contributed by atoms with Crippen LogP contribution in [0, 0.1) is 22.9 Å². The molecule has 68 valence electrons. The molecule has 0 aromatic carbocycles. The lowest BCUT2D eigenvalue weighted by Gasteiger charge is -2.08. The predicted octanol–water partition coefficient (Wildman–Crippen LogP) is 2.07. The lowest BCUT2D eigenvalue weighted by Crippen LogP contribution is -2.08. The summed E-state index contributed by atoms with van der Waals surface area (Å²) in [6.45, 7) is 1.80. The fraction of sp³-hybridized carbons (Fsp3) is 0.111. The molecule has 0 radical (unpaired) electrons. The average Bonchev–Trinajstić information content (AvgIpc) is 2.14. The standard InChI is InChI=1S/C9H5BrN4/c1-6-2-9(14-5-12)7(10)3-8(6)13-4-11/h2-3H,1H3. The van der Waals surface area contributed by atoms with E-state index in [9.17, 15) is 0 Å². The molecule has 0 fully saturated rings. The third-order valence-corrected chi connectivity index (χ3v) is 2.24. The summed E-state index contributed by atoms with van der Waals surface area (Å²) in [6, 6.07) is 0. The molecule has 0 aliphatic heterocycles. The normalized spacial score (nSPS) is 21.1. The summed E-state index contributed by atoms with van der Waals surface area (Å²) in [5, 5.41) is 16.8. The van der Waals surface area contributed by atoms with Gasteiger partial charge in [-0.05, 0) is 40.6 Å². The molecule has 0 bridgehead atoms. The monoisotopic (exact) mass is 248 g/mol. The smallest absolute Gasteiger partial charge is 0.173 e. The fourth-order valence-corrected chi connectivity index (χ4v) is 1.39. The van der Waals surface area contributed by atoms with Crippen molar-refractivity contribution in [1.82, 2.24) is 0 Å². The van der Waals surface area contributed by atoms with E-state index < -0.39 is 0 Å². The van der Waals surface area contributed by atoms with Crippen molar-refractivity contribution >= 4 is 27.4 Å². The topological polar surface area (TPSA) is 72.3 Å².